The van der Waals surface area contributed by atoms with Gasteiger partial charge >= 0.3 is 0 Å². The molecule has 1 aromatic heterocycles. The number of rotatable bonds is 3. The Morgan fingerprint density at radius 1 is 1.62 bits per heavy atom. The first kappa shape index (κ1) is 8.94. The fraction of sp³-hybridized carbons (Fsp3) is 0.556. The molecule has 0 aliphatic heterocycles. The van der Waals surface area contributed by atoms with Crippen molar-refractivity contribution in [2.24, 2.45) is 5.92 Å². The first-order valence-electron chi connectivity index (χ1n) is 4.45. The minimum absolute atomic E-state index is 0.807. The predicted octanol–water partition coefficient (Wildman–Crippen LogP) is 2.09. The third-order valence-corrected chi connectivity index (χ3v) is 2.62. The summed E-state index contributed by atoms with van der Waals surface area (Å²) in [6, 6.07) is 1.84. The second-order valence-corrected chi connectivity index (χ2v) is 4.32. The zero-order valence-electron chi connectivity index (χ0n) is 7.57. The molecular formula is C9H12BrN3. The maximum atomic E-state index is 4.29. The van der Waals surface area contributed by atoms with E-state index < -0.39 is 0 Å². The fourth-order valence-electron chi connectivity index (χ4n) is 1.28. The largest absolute Gasteiger partial charge is 0.344 e. The van der Waals surface area contributed by atoms with E-state index in [2.05, 4.69) is 30.8 Å². The van der Waals surface area contributed by atoms with Crippen LogP contribution < -0.4 is 4.90 Å². The summed E-state index contributed by atoms with van der Waals surface area (Å²) in [4.78, 5) is 10.6. The van der Waals surface area contributed by atoms with Gasteiger partial charge in [0.15, 0.2) is 0 Å². The molecule has 13 heavy (non-hydrogen) atoms. The van der Waals surface area contributed by atoms with Crippen LogP contribution in [0.15, 0.2) is 16.9 Å². The molecule has 0 unspecified atom stereocenters. The summed E-state index contributed by atoms with van der Waals surface area (Å²) in [6.07, 6.45) is 4.49. The topological polar surface area (TPSA) is 29.0 Å². The zero-order chi connectivity index (χ0) is 9.26. The van der Waals surface area contributed by atoms with Gasteiger partial charge in [-0.3, -0.25) is 0 Å². The second-order valence-electron chi connectivity index (χ2n) is 3.50. The lowest BCUT2D eigenvalue weighted by atomic mass is 10.4. The SMILES string of the molecule is CN(CC1CC1)c1nccc(Br)n1. The average Bonchev–Trinajstić information content (AvgIpc) is 2.88. The summed E-state index contributed by atoms with van der Waals surface area (Å²) in [5, 5.41) is 0. The van der Waals surface area contributed by atoms with Gasteiger partial charge in [-0.2, -0.15) is 0 Å². The van der Waals surface area contributed by atoms with Crippen LogP contribution in [0.2, 0.25) is 0 Å². The lowest BCUT2D eigenvalue weighted by Crippen LogP contribution is -2.22. The molecule has 0 spiro atoms. The molecule has 4 heteroatoms. The summed E-state index contributed by atoms with van der Waals surface area (Å²) >= 11 is 3.33. The van der Waals surface area contributed by atoms with Gasteiger partial charge in [0.1, 0.15) is 4.60 Å². The summed E-state index contributed by atoms with van der Waals surface area (Å²) in [5.41, 5.74) is 0. The minimum Gasteiger partial charge on any atom is -0.344 e. The van der Waals surface area contributed by atoms with Gasteiger partial charge in [-0.05, 0) is 40.8 Å². The van der Waals surface area contributed by atoms with Gasteiger partial charge in [0.25, 0.3) is 0 Å². The number of halogens is 1. The molecule has 1 fully saturated rings. The van der Waals surface area contributed by atoms with Crippen LogP contribution in [0.4, 0.5) is 5.95 Å². The molecule has 0 atom stereocenters. The monoisotopic (exact) mass is 241 g/mol. The van der Waals surface area contributed by atoms with Crippen LogP contribution in [0, 0.1) is 5.92 Å². The van der Waals surface area contributed by atoms with Crippen LogP contribution in [-0.4, -0.2) is 23.6 Å². The zero-order valence-corrected chi connectivity index (χ0v) is 9.16. The van der Waals surface area contributed by atoms with E-state index in [9.17, 15) is 0 Å². The van der Waals surface area contributed by atoms with Crippen molar-refractivity contribution in [3.05, 3.63) is 16.9 Å². The van der Waals surface area contributed by atoms with Gasteiger partial charge < -0.3 is 4.90 Å². The van der Waals surface area contributed by atoms with Gasteiger partial charge in [0.2, 0.25) is 5.95 Å². The Morgan fingerprint density at radius 3 is 3.00 bits per heavy atom. The van der Waals surface area contributed by atoms with Crippen LogP contribution in [0.3, 0.4) is 0 Å². The molecule has 1 aliphatic rings. The van der Waals surface area contributed by atoms with Gasteiger partial charge in [-0.15, -0.1) is 0 Å². The molecule has 1 aromatic rings. The quantitative estimate of drug-likeness (QED) is 0.760. The van der Waals surface area contributed by atoms with Crippen molar-refractivity contribution < 1.29 is 0 Å². The van der Waals surface area contributed by atoms with Crippen molar-refractivity contribution in [2.45, 2.75) is 12.8 Å². The molecule has 0 amide bonds. The van der Waals surface area contributed by atoms with Crippen molar-refractivity contribution in [1.82, 2.24) is 9.97 Å². The lowest BCUT2D eigenvalue weighted by Gasteiger charge is -2.15. The Balaban J connectivity index is 2.04. The van der Waals surface area contributed by atoms with Crippen molar-refractivity contribution in [1.29, 1.82) is 0 Å². The van der Waals surface area contributed by atoms with E-state index in [0.717, 1.165) is 23.0 Å². The van der Waals surface area contributed by atoms with Crippen molar-refractivity contribution in [3.63, 3.8) is 0 Å². The van der Waals surface area contributed by atoms with E-state index >= 15 is 0 Å². The third-order valence-electron chi connectivity index (χ3n) is 2.18. The highest BCUT2D eigenvalue weighted by molar-refractivity contribution is 9.10. The number of nitrogens with zero attached hydrogens (tertiary/aromatic N) is 3. The maximum absolute atomic E-state index is 4.29. The predicted molar refractivity (Wildman–Crippen MR) is 55.7 cm³/mol. The van der Waals surface area contributed by atoms with Gasteiger partial charge in [-0.1, -0.05) is 0 Å². The van der Waals surface area contributed by atoms with Gasteiger partial charge in [-0.25, -0.2) is 9.97 Å². The van der Waals surface area contributed by atoms with E-state index in [-0.39, 0.29) is 0 Å². The molecule has 0 N–H and O–H groups in total. The van der Waals surface area contributed by atoms with E-state index in [1.54, 1.807) is 6.20 Å². The molecule has 0 bridgehead atoms. The smallest absolute Gasteiger partial charge is 0.226 e. The van der Waals surface area contributed by atoms with E-state index in [1.807, 2.05) is 13.1 Å². The van der Waals surface area contributed by atoms with E-state index in [0.29, 0.717) is 0 Å². The normalized spacial score (nSPS) is 15.8. The Morgan fingerprint density at radius 2 is 2.38 bits per heavy atom. The molecule has 1 saturated carbocycles. The first-order valence-corrected chi connectivity index (χ1v) is 5.24. The molecule has 0 saturated heterocycles. The highest BCUT2D eigenvalue weighted by Gasteiger charge is 2.23. The molecule has 70 valence electrons. The Kier molecular flexibility index (Phi) is 2.49. The van der Waals surface area contributed by atoms with Crippen molar-refractivity contribution >= 4 is 21.9 Å². The summed E-state index contributed by atoms with van der Waals surface area (Å²) < 4.78 is 0.847. The summed E-state index contributed by atoms with van der Waals surface area (Å²) in [6.45, 7) is 1.08. The van der Waals surface area contributed by atoms with Gasteiger partial charge in [0.05, 0.1) is 0 Å². The number of hydrogen-bond acceptors (Lipinski definition) is 3. The third kappa shape index (κ3) is 2.40. The van der Waals surface area contributed by atoms with E-state index in [1.165, 1.54) is 12.8 Å². The summed E-state index contributed by atoms with van der Waals surface area (Å²) in [5.74, 6) is 1.67. The molecule has 0 radical (unpaired) electrons. The average molecular weight is 242 g/mol. The van der Waals surface area contributed by atoms with Crippen LogP contribution in [0.1, 0.15) is 12.8 Å². The van der Waals surface area contributed by atoms with Crippen LogP contribution in [0.25, 0.3) is 0 Å². The maximum Gasteiger partial charge on any atom is 0.226 e. The van der Waals surface area contributed by atoms with Gasteiger partial charge in [0, 0.05) is 19.8 Å². The van der Waals surface area contributed by atoms with Crippen LogP contribution in [0.5, 0.6) is 0 Å². The first-order chi connectivity index (χ1) is 6.25. The van der Waals surface area contributed by atoms with Crippen LogP contribution >= 0.6 is 15.9 Å². The molecule has 3 nitrogen and oxygen atoms in total. The van der Waals surface area contributed by atoms with E-state index in [4.69, 9.17) is 0 Å². The van der Waals surface area contributed by atoms with Crippen molar-refractivity contribution in [2.75, 3.05) is 18.5 Å². The Bertz CT molecular complexity index is 299. The lowest BCUT2D eigenvalue weighted by molar-refractivity contribution is 0.763. The van der Waals surface area contributed by atoms with Crippen LogP contribution in [-0.2, 0) is 0 Å². The number of hydrogen-bond donors (Lipinski definition) is 0. The highest BCUT2D eigenvalue weighted by Crippen LogP contribution is 2.30. The van der Waals surface area contributed by atoms with Crippen molar-refractivity contribution in [3.8, 4) is 0 Å². The molecule has 1 aliphatic carbocycles. The second kappa shape index (κ2) is 3.62. The molecule has 0 aromatic carbocycles. The molecule has 1 heterocycles. The number of anilines is 1. The standard InChI is InChI=1S/C9H12BrN3/c1-13(6-7-2-3-7)9-11-5-4-8(10)12-9/h4-5,7H,2-3,6H2,1H3. The molecule has 2 rings (SSSR count). The number of aromatic nitrogens is 2. The minimum atomic E-state index is 0.807. The fourth-order valence-corrected chi connectivity index (χ4v) is 1.56. The highest BCUT2D eigenvalue weighted by atomic mass is 79.9. The Labute approximate surface area is 86.3 Å². The molecular weight excluding hydrogens is 230 g/mol. The summed E-state index contributed by atoms with van der Waals surface area (Å²) in [7, 11) is 2.04. The Hall–Kier alpha value is -0.640.